The highest BCUT2D eigenvalue weighted by Crippen LogP contribution is 2.31. The Kier molecular flexibility index (Phi) is 7.66. The molecule has 0 fully saturated rings. The third-order valence-electron chi connectivity index (χ3n) is 4.66. The van der Waals surface area contributed by atoms with Crippen LogP contribution in [0.5, 0.6) is 5.75 Å². The highest BCUT2D eigenvalue weighted by molar-refractivity contribution is 5.95. The van der Waals surface area contributed by atoms with E-state index >= 15 is 0 Å². The van der Waals surface area contributed by atoms with E-state index in [0.29, 0.717) is 36.8 Å². The lowest BCUT2D eigenvalue weighted by atomic mass is 10.1. The van der Waals surface area contributed by atoms with E-state index in [9.17, 15) is 14.7 Å². The molecule has 0 saturated carbocycles. The van der Waals surface area contributed by atoms with Crippen molar-refractivity contribution in [2.24, 2.45) is 5.73 Å². The molecule has 1 aliphatic rings. The number of rotatable bonds is 3. The summed E-state index contributed by atoms with van der Waals surface area (Å²) in [4.78, 5) is 24.0. The standard InChI is InChI=1S/C15H17NO3.C10H9N3O2/c1-15(2,18)8-6-11-4-5-13-12(10-11)16(3)14(17)7-9-19-13;11-9(14)10-13-12-8(15-10)6-7-4-2-1-3-5-7/h4-5,10,18H,7,9H2,1-3H3;1-5H,6H2,(H2,11,14). The molecule has 0 atom stereocenters. The number of amides is 2. The largest absolute Gasteiger partial charge is 0.491 e. The van der Waals surface area contributed by atoms with Crippen LogP contribution in [0.25, 0.3) is 0 Å². The number of nitrogens with two attached hydrogens (primary N) is 1. The van der Waals surface area contributed by atoms with Gasteiger partial charge in [0, 0.05) is 12.6 Å². The lowest BCUT2D eigenvalue weighted by molar-refractivity contribution is -0.118. The van der Waals surface area contributed by atoms with Crippen molar-refractivity contribution in [3.63, 3.8) is 0 Å². The van der Waals surface area contributed by atoms with Crippen LogP contribution in [0.2, 0.25) is 0 Å². The first kappa shape index (κ1) is 24.5. The summed E-state index contributed by atoms with van der Waals surface area (Å²) in [5, 5.41) is 16.8. The topological polar surface area (TPSA) is 132 Å². The number of nitrogens with zero attached hydrogens (tertiary/aromatic N) is 3. The second-order valence-electron chi connectivity index (χ2n) is 8.07. The predicted octanol–water partition coefficient (Wildman–Crippen LogP) is 2.31. The second-order valence-corrected chi connectivity index (χ2v) is 8.07. The fraction of sp³-hybridized carbons (Fsp3) is 0.280. The number of ether oxygens (including phenoxy) is 1. The van der Waals surface area contributed by atoms with Crippen molar-refractivity contribution in [3.05, 3.63) is 71.4 Å². The molecule has 0 radical (unpaired) electrons. The molecule has 176 valence electrons. The van der Waals surface area contributed by atoms with Crippen LogP contribution in [-0.2, 0) is 11.2 Å². The number of anilines is 1. The summed E-state index contributed by atoms with van der Waals surface area (Å²) in [5.74, 6) is 5.87. The van der Waals surface area contributed by atoms with Crippen LogP contribution >= 0.6 is 0 Å². The summed E-state index contributed by atoms with van der Waals surface area (Å²) in [7, 11) is 1.73. The predicted molar refractivity (Wildman–Crippen MR) is 125 cm³/mol. The minimum Gasteiger partial charge on any atom is -0.491 e. The molecule has 4 rings (SSSR count). The number of hydrogen-bond acceptors (Lipinski definition) is 7. The molecule has 3 aromatic rings. The molecule has 2 amide bonds. The van der Waals surface area contributed by atoms with Gasteiger partial charge in [0.25, 0.3) is 0 Å². The number of primary amides is 1. The van der Waals surface area contributed by atoms with E-state index in [1.54, 1.807) is 37.9 Å². The average molecular weight is 463 g/mol. The normalized spacial score (nSPS) is 12.8. The zero-order valence-corrected chi connectivity index (χ0v) is 19.2. The Morgan fingerprint density at radius 3 is 2.59 bits per heavy atom. The molecular formula is C25H26N4O5. The summed E-state index contributed by atoms with van der Waals surface area (Å²) in [6, 6.07) is 15.1. The van der Waals surface area contributed by atoms with Gasteiger partial charge in [-0.15, -0.1) is 10.2 Å². The zero-order chi connectivity index (χ0) is 24.7. The first-order chi connectivity index (χ1) is 16.1. The van der Waals surface area contributed by atoms with Gasteiger partial charge in [-0.1, -0.05) is 42.2 Å². The van der Waals surface area contributed by atoms with Gasteiger partial charge in [-0.3, -0.25) is 9.59 Å². The minimum absolute atomic E-state index is 0.0198. The number of benzene rings is 2. The number of fused-ring (bicyclic) bond motifs is 1. The molecule has 0 aliphatic carbocycles. The Morgan fingerprint density at radius 2 is 1.94 bits per heavy atom. The van der Waals surface area contributed by atoms with Crippen molar-refractivity contribution in [1.82, 2.24) is 10.2 Å². The van der Waals surface area contributed by atoms with Gasteiger partial charge in [-0.05, 0) is 37.6 Å². The second kappa shape index (κ2) is 10.6. The lowest BCUT2D eigenvalue weighted by Crippen LogP contribution is -2.25. The summed E-state index contributed by atoms with van der Waals surface area (Å²) < 4.78 is 10.6. The highest BCUT2D eigenvalue weighted by atomic mass is 16.5. The first-order valence-electron chi connectivity index (χ1n) is 10.6. The van der Waals surface area contributed by atoms with Crippen molar-refractivity contribution >= 4 is 17.5 Å². The van der Waals surface area contributed by atoms with Gasteiger partial charge >= 0.3 is 11.8 Å². The SMILES string of the molecule is CN1C(=O)CCOc2ccc(C#CC(C)(C)O)cc21.NC(=O)c1nnc(Cc2ccccc2)o1. The van der Waals surface area contributed by atoms with Crippen molar-refractivity contribution in [3.8, 4) is 17.6 Å². The molecule has 34 heavy (non-hydrogen) atoms. The van der Waals surface area contributed by atoms with Gasteiger partial charge < -0.3 is 24.9 Å². The van der Waals surface area contributed by atoms with Crippen LogP contribution in [0.4, 0.5) is 5.69 Å². The van der Waals surface area contributed by atoms with Crippen LogP contribution in [0.15, 0.2) is 52.9 Å². The van der Waals surface area contributed by atoms with Gasteiger partial charge in [0.2, 0.25) is 11.8 Å². The van der Waals surface area contributed by atoms with Gasteiger partial charge in [0.15, 0.2) is 0 Å². The molecule has 9 nitrogen and oxygen atoms in total. The zero-order valence-electron chi connectivity index (χ0n) is 19.2. The van der Waals surface area contributed by atoms with Gasteiger partial charge in [-0.25, -0.2) is 0 Å². The fourth-order valence-corrected chi connectivity index (χ4v) is 2.95. The quantitative estimate of drug-likeness (QED) is 0.571. The molecule has 0 unspecified atom stereocenters. The van der Waals surface area contributed by atoms with Crippen LogP contribution in [0.3, 0.4) is 0 Å². The Balaban J connectivity index is 0.000000196. The molecule has 0 saturated heterocycles. The first-order valence-corrected chi connectivity index (χ1v) is 10.6. The van der Waals surface area contributed by atoms with Crippen LogP contribution in [-0.4, -0.2) is 46.4 Å². The van der Waals surface area contributed by atoms with Gasteiger partial charge in [-0.2, -0.15) is 0 Å². The number of carbonyl (C=O) groups is 2. The summed E-state index contributed by atoms with van der Waals surface area (Å²) in [6.07, 6.45) is 0.872. The Bertz CT molecular complexity index is 1220. The van der Waals surface area contributed by atoms with Crippen molar-refractivity contribution in [2.75, 3.05) is 18.6 Å². The number of aromatic nitrogens is 2. The van der Waals surface area contributed by atoms with Crippen molar-refractivity contribution in [2.45, 2.75) is 32.3 Å². The molecule has 2 aromatic carbocycles. The van der Waals surface area contributed by atoms with Gasteiger partial charge in [0.05, 0.1) is 25.1 Å². The summed E-state index contributed by atoms with van der Waals surface area (Å²) in [5.41, 5.74) is 6.44. The van der Waals surface area contributed by atoms with E-state index in [2.05, 4.69) is 22.0 Å². The van der Waals surface area contributed by atoms with E-state index in [-0.39, 0.29) is 11.8 Å². The highest BCUT2D eigenvalue weighted by Gasteiger charge is 2.20. The maximum atomic E-state index is 11.8. The summed E-state index contributed by atoms with van der Waals surface area (Å²) in [6.45, 7) is 3.65. The van der Waals surface area contributed by atoms with Crippen LogP contribution in [0.1, 0.15) is 48.0 Å². The van der Waals surface area contributed by atoms with Crippen LogP contribution < -0.4 is 15.4 Å². The maximum absolute atomic E-state index is 11.8. The van der Waals surface area contributed by atoms with E-state index in [1.807, 2.05) is 36.4 Å². The number of hydrogen-bond donors (Lipinski definition) is 2. The number of aliphatic hydroxyl groups is 1. The van der Waals surface area contributed by atoms with E-state index in [4.69, 9.17) is 14.9 Å². The van der Waals surface area contributed by atoms with E-state index in [1.165, 1.54) is 0 Å². The molecule has 1 aliphatic heterocycles. The van der Waals surface area contributed by atoms with E-state index in [0.717, 1.165) is 11.1 Å². The average Bonchev–Trinajstić information content (AvgIpc) is 3.22. The Morgan fingerprint density at radius 1 is 1.21 bits per heavy atom. The molecule has 3 N–H and O–H groups in total. The third-order valence-corrected chi connectivity index (χ3v) is 4.66. The smallest absolute Gasteiger partial charge is 0.306 e. The Labute approximate surface area is 197 Å². The molecule has 0 bridgehead atoms. The minimum atomic E-state index is -1.04. The fourth-order valence-electron chi connectivity index (χ4n) is 2.95. The molecule has 2 heterocycles. The molecule has 9 heteroatoms. The van der Waals surface area contributed by atoms with Crippen LogP contribution in [0, 0.1) is 11.8 Å². The number of carbonyl (C=O) groups excluding carboxylic acids is 2. The van der Waals surface area contributed by atoms with Gasteiger partial charge in [0.1, 0.15) is 11.4 Å². The summed E-state index contributed by atoms with van der Waals surface area (Å²) >= 11 is 0. The molecule has 1 aromatic heterocycles. The van der Waals surface area contributed by atoms with Crippen molar-refractivity contribution < 1.29 is 23.8 Å². The van der Waals surface area contributed by atoms with E-state index < -0.39 is 11.5 Å². The third kappa shape index (κ3) is 6.92. The molecular weight excluding hydrogens is 436 g/mol. The Hall–Kier alpha value is -4.16. The lowest BCUT2D eigenvalue weighted by Gasteiger charge is -2.16. The monoisotopic (exact) mass is 462 g/mol. The maximum Gasteiger partial charge on any atom is 0.306 e. The van der Waals surface area contributed by atoms with Crippen molar-refractivity contribution in [1.29, 1.82) is 0 Å². The molecule has 0 spiro atoms.